The Labute approximate surface area is 120 Å². The normalized spacial score (nSPS) is 11.7. The van der Waals surface area contributed by atoms with E-state index < -0.39 is 5.97 Å². The van der Waals surface area contributed by atoms with Gasteiger partial charge < -0.3 is 9.47 Å². The molecule has 0 atom stereocenters. The first-order chi connectivity index (χ1) is 9.63. The molecule has 1 aromatic rings. The van der Waals surface area contributed by atoms with Crippen LogP contribution in [0.1, 0.15) is 36.5 Å². The van der Waals surface area contributed by atoms with Crippen molar-refractivity contribution < 1.29 is 14.3 Å². The number of ether oxygens (including phenoxy) is 2. The van der Waals surface area contributed by atoms with E-state index in [0.717, 1.165) is 29.5 Å². The van der Waals surface area contributed by atoms with Gasteiger partial charge in [-0.05, 0) is 36.1 Å². The zero-order valence-corrected chi connectivity index (χ0v) is 12.6. The van der Waals surface area contributed by atoms with Gasteiger partial charge in [0.2, 0.25) is 0 Å². The largest absolute Gasteiger partial charge is 0.503 e. The van der Waals surface area contributed by atoms with Crippen molar-refractivity contribution >= 4 is 17.6 Å². The number of benzene rings is 1. The summed E-state index contributed by atoms with van der Waals surface area (Å²) in [7, 11) is 2.88. The maximum atomic E-state index is 11.8. The minimum Gasteiger partial charge on any atom is -0.503 e. The average molecular weight is 274 g/mol. The number of hydrogen-bond donors (Lipinski definition) is 0. The van der Waals surface area contributed by atoms with Gasteiger partial charge in [0.05, 0.1) is 20.5 Å². The van der Waals surface area contributed by atoms with E-state index in [9.17, 15) is 4.79 Å². The standard InChI is InChI=1S/C17H22O3/c1-5-6-7-8-14-10-9-13(2)15(11-14)16(12-19-3)17(18)20-4/h7-12H,5-6H2,1-4H3/b8-7+,16-12+. The lowest BCUT2D eigenvalue weighted by atomic mass is 9.98. The van der Waals surface area contributed by atoms with Crippen molar-refractivity contribution in [2.45, 2.75) is 26.7 Å². The van der Waals surface area contributed by atoms with Crippen LogP contribution >= 0.6 is 0 Å². The Hall–Kier alpha value is -2.03. The third kappa shape index (κ3) is 4.26. The molecule has 3 heteroatoms. The van der Waals surface area contributed by atoms with E-state index in [2.05, 4.69) is 19.1 Å². The number of hydrogen-bond acceptors (Lipinski definition) is 3. The molecule has 0 radical (unpaired) electrons. The molecule has 0 saturated heterocycles. The molecule has 0 spiro atoms. The van der Waals surface area contributed by atoms with Crippen LogP contribution in [-0.4, -0.2) is 20.2 Å². The highest BCUT2D eigenvalue weighted by atomic mass is 16.5. The van der Waals surface area contributed by atoms with Crippen LogP contribution in [0, 0.1) is 6.92 Å². The molecule has 0 aliphatic rings. The lowest BCUT2D eigenvalue weighted by Gasteiger charge is -2.10. The molecule has 0 aliphatic carbocycles. The number of allylic oxidation sites excluding steroid dienone is 1. The molecule has 0 unspecified atom stereocenters. The van der Waals surface area contributed by atoms with Gasteiger partial charge in [-0.1, -0.05) is 37.6 Å². The third-order valence-corrected chi connectivity index (χ3v) is 2.96. The van der Waals surface area contributed by atoms with Crippen molar-refractivity contribution in [3.63, 3.8) is 0 Å². The topological polar surface area (TPSA) is 35.5 Å². The summed E-state index contributed by atoms with van der Waals surface area (Å²) in [5, 5.41) is 0. The van der Waals surface area contributed by atoms with E-state index >= 15 is 0 Å². The van der Waals surface area contributed by atoms with E-state index in [1.165, 1.54) is 20.5 Å². The minimum absolute atomic E-state index is 0.398. The smallest absolute Gasteiger partial charge is 0.341 e. The molecular weight excluding hydrogens is 252 g/mol. The Morgan fingerprint density at radius 2 is 2.05 bits per heavy atom. The SMILES string of the molecule is CCC/C=C/c1ccc(C)c(/C(=C\OC)C(=O)OC)c1. The van der Waals surface area contributed by atoms with Crippen molar-refractivity contribution in [2.75, 3.05) is 14.2 Å². The number of methoxy groups -OCH3 is 2. The second kappa shape index (κ2) is 8.20. The highest BCUT2D eigenvalue weighted by Gasteiger charge is 2.15. The Bertz CT molecular complexity index is 513. The van der Waals surface area contributed by atoms with Crippen molar-refractivity contribution in [3.05, 3.63) is 47.2 Å². The fourth-order valence-electron chi connectivity index (χ4n) is 1.87. The second-order valence-electron chi connectivity index (χ2n) is 4.52. The van der Waals surface area contributed by atoms with Crippen molar-refractivity contribution in [3.8, 4) is 0 Å². The molecule has 0 saturated carbocycles. The second-order valence-corrected chi connectivity index (χ2v) is 4.52. The summed E-state index contributed by atoms with van der Waals surface area (Å²) >= 11 is 0. The summed E-state index contributed by atoms with van der Waals surface area (Å²) in [6.45, 7) is 4.10. The van der Waals surface area contributed by atoms with Crippen molar-refractivity contribution in [2.24, 2.45) is 0 Å². The summed E-state index contributed by atoms with van der Waals surface area (Å²) in [6, 6.07) is 6.00. The summed E-state index contributed by atoms with van der Waals surface area (Å²) in [5.74, 6) is -0.398. The van der Waals surface area contributed by atoms with Gasteiger partial charge in [0.15, 0.2) is 0 Å². The Balaban J connectivity index is 3.17. The van der Waals surface area contributed by atoms with E-state index in [0.29, 0.717) is 5.57 Å². The molecule has 1 aromatic carbocycles. The van der Waals surface area contributed by atoms with Gasteiger partial charge >= 0.3 is 5.97 Å². The van der Waals surface area contributed by atoms with Crippen LogP contribution in [0.2, 0.25) is 0 Å². The highest BCUT2D eigenvalue weighted by molar-refractivity contribution is 6.16. The average Bonchev–Trinajstić information content (AvgIpc) is 2.46. The molecule has 0 N–H and O–H groups in total. The molecule has 0 fully saturated rings. The minimum atomic E-state index is -0.398. The number of carbonyl (C=O) groups excluding carboxylic acids is 1. The first-order valence-electron chi connectivity index (χ1n) is 6.72. The molecule has 0 heterocycles. The van der Waals surface area contributed by atoms with Crippen LogP contribution in [0.5, 0.6) is 0 Å². The molecule has 3 nitrogen and oxygen atoms in total. The Morgan fingerprint density at radius 3 is 2.65 bits per heavy atom. The summed E-state index contributed by atoms with van der Waals surface area (Å²) in [5.41, 5.74) is 3.33. The number of carbonyl (C=O) groups is 1. The quantitative estimate of drug-likeness (QED) is 0.447. The number of esters is 1. The predicted molar refractivity (Wildman–Crippen MR) is 82.1 cm³/mol. The van der Waals surface area contributed by atoms with Gasteiger partial charge in [0.25, 0.3) is 0 Å². The molecule has 108 valence electrons. The van der Waals surface area contributed by atoms with E-state index in [4.69, 9.17) is 9.47 Å². The van der Waals surface area contributed by atoms with Crippen LogP contribution in [0.4, 0.5) is 0 Å². The van der Waals surface area contributed by atoms with Gasteiger partial charge in [-0.25, -0.2) is 4.79 Å². The Morgan fingerprint density at radius 1 is 1.30 bits per heavy atom. The maximum Gasteiger partial charge on any atom is 0.341 e. The van der Waals surface area contributed by atoms with Gasteiger partial charge in [-0.3, -0.25) is 0 Å². The first-order valence-corrected chi connectivity index (χ1v) is 6.72. The molecule has 0 amide bonds. The van der Waals surface area contributed by atoms with E-state index in [1.54, 1.807) is 0 Å². The fourth-order valence-corrected chi connectivity index (χ4v) is 1.87. The fraction of sp³-hybridized carbons (Fsp3) is 0.353. The highest BCUT2D eigenvalue weighted by Crippen LogP contribution is 2.22. The third-order valence-electron chi connectivity index (χ3n) is 2.96. The Kier molecular flexibility index (Phi) is 6.57. The number of rotatable bonds is 6. The van der Waals surface area contributed by atoms with Crippen molar-refractivity contribution in [1.29, 1.82) is 0 Å². The zero-order chi connectivity index (χ0) is 15.0. The summed E-state index contributed by atoms with van der Waals surface area (Å²) in [4.78, 5) is 11.8. The van der Waals surface area contributed by atoms with Crippen molar-refractivity contribution in [1.82, 2.24) is 0 Å². The zero-order valence-electron chi connectivity index (χ0n) is 12.6. The van der Waals surface area contributed by atoms with Crippen LogP contribution in [0.25, 0.3) is 11.6 Å². The van der Waals surface area contributed by atoms with E-state index in [-0.39, 0.29) is 0 Å². The van der Waals surface area contributed by atoms with Gasteiger partial charge in [0, 0.05) is 0 Å². The van der Waals surface area contributed by atoms with Crippen LogP contribution in [0.3, 0.4) is 0 Å². The maximum absolute atomic E-state index is 11.8. The summed E-state index contributed by atoms with van der Waals surface area (Å²) in [6.07, 6.45) is 7.78. The number of unbranched alkanes of at least 4 members (excludes halogenated alkanes) is 1. The predicted octanol–water partition coefficient (Wildman–Crippen LogP) is 3.97. The molecule has 0 aromatic heterocycles. The summed E-state index contributed by atoms with van der Waals surface area (Å²) < 4.78 is 9.80. The molecule has 0 aliphatic heterocycles. The molecule has 0 bridgehead atoms. The van der Waals surface area contributed by atoms with Gasteiger partial charge in [-0.15, -0.1) is 0 Å². The van der Waals surface area contributed by atoms with Gasteiger partial charge in [0.1, 0.15) is 5.57 Å². The van der Waals surface area contributed by atoms with Gasteiger partial charge in [-0.2, -0.15) is 0 Å². The molecule has 1 rings (SSSR count). The van der Waals surface area contributed by atoms with Crippen LogP contribution in [0.15, 0.2) is 30.5 Å². The van der Waals surface area contributed by atoms with Crippen LogP contribution < -0.4 is 0 Å². The lowest BCUT2D eigenvalue weighted by molar-refractivity contribution is -0.133. The number of aryl methyl sites for hydroxylation is 1. The molecular formula is C17H22O3. The first kappa shape index (κ1) is 16.0. The lowest BCUT2D eigenvalue weighted by Crippen LogP contribution is -2.06. The monoisotopic (exact) mass is 274 g/mol. The molecule has 20 heavy (non-hydrogen) atoms. The van der Waals surface area contributed by atoms with E-state index in [1.807, 2.05) is 25.1 Å². The van der Waals surface area contributed by atoms with Crippen LogP contribution in [-0.2, 0) is 14.3 Å².